The van der Waals surface area contributed by atoms with Gasteiger partial charge in [0.05, 0.1) is 41.8 Å². The standard InChI is InChI=1S/C26H25ClN8O5S/c1-28-25-19(36)12-38-26(25,29-2)20(13-39-25)40-24-32-18-9-17(27)21(33-23(18)34-24)14-5-7-15(8-6-14)22-30-10-16(11-31-22)35-41(3,4)37/h5-11,19-20,36H,1-2,12-13H2,3-4H3,(H,32,33,34)/t19-,20-,25-,26-/m1/s1. The van der Waals surface area contributed by atoms with Crippen LogP contribution in [0.4, 0.5) is 5.69 Å². The van der Waals surface area contributed by atoms with Gasteiger partial charge in [0.1, 0.15) is 11.8 Å². The van der Waals surface area contributed by atoms with Gasteiger partial charge in [-0.05, 0) is 19.5 Å². The molecular formula is C26H25ClN8O5S. The van der Waals surface area contributed by atoms with Crippen LogP contribution in [0.3, 0.4) is 0 Å². The molecule has 2 aliphatic heterocycles. The lowest BCUT2D eigenvalue weighted by molar-refractivity contribution is -0.115. The summed E-state index contributed by atoms with van der Waals surface area (Å²) in [5.41, 5.74) is 0.403. The third kappa shape index (κ3) is 4.57. The van der Waals surface area contributed by atoms with Gasteiger partial charge in [-0.1, -0.05) is 35.9 Å². The first kappa shape index (κ1) is 27.4. The van der Waals surface area contributed by atoms with Crippen LogP contribution in [0.5, 0.6) is 6.01 Å². The minimum Gasteiger partial charge on any atom is -0.454 e. The van der Waals surface area contributed by atoms with E-state index in [-0.39, 0.29) is 19.2 Å². The van der Waals surface area contributed by atoms with Crippen molar-refractivity contribution in [3.05, 3.63) is 47.7 Å². The molecule has 4 atom stereocenters. The number of fused-ring (bicyclic) bond motifs is 2. The van der Waals surface area contributed by atoms with Crippen molar-refractivity contribution in [2.75, 3.05) is 25.7 Å². The normalized spacial score (nSPS) is 25.7. The fourth-order valence-corrected chi connectivity index (χ4v) is 5.84. The number of aliphatic hydroxyl groups excluding tert-OH is 1. The zero-order valence-corrected chi connectivity index (χ0v) is 23.6. The molecule has 0 unspecified atom stereocenters. The number of H-pyrrole nitrogens is 1. The highest BCUT2D eigenvalue weighted by Gasteiger charge is 2.72. The van der Waals surface area contributed by atoms with Gasteiger partial charge in [-0.3, -0.25) is 9.98 Å². The number of aliphatic imine (C=N–C) groups is 2. The number of benzene rings is 1. The lowest BCUT2D eigenvalue weighted by atomic mass is 9.95. The molecule has 41 heavy (non-hydrogen) atoms. The molecule has 0 aliphatic carbocycles. The number of aromatic nitrogens is 5. The van der Waals surface area contributed by atoms with E-state index in [1.165, 1.54) is 12.4 Å². The molecule has 212 valence electrons. The van der Waals surface area contributed by atoms with Crippen LogP contribution in [0.15, 0.2) is 57.1 Å². The van der Waals surface area contributed by atoms with Crippen LogP contribution >= 0.6 is 11.6 Å². The number of halogens is 1. The van der Waals surface area contributed by atoms with Gasteiger partial charge in [-0.15, -0.1) is 0 Å². The van der Waals surface area contributed by atoms with E-state index in [1.807, 2.05) is 24.3 Å². The molecule has 0 bridgehead atoms. The van der Waals surface area contributed by atoms with Gasteiger partial charge in [0.25, 0.3) is 11.7 Å². The molecule has 0 saturated carbocycles. The first-order valence-corrected chi connectivity index (χ1v) is 15.0. The molecule has 5 heterocycles. The average Bonchev–Trinajstić information content (AvgIpc) is 3.58. The van der Waals surface area contributed by atoms with E-state index in [1.54, 1.807) is 18.6 Å². The SMILES string of the molecule is C=N[C@]12OC[C@@H](Oc3nc4nc(-c5ccc(-c6ncc(N=S(C)(C)=O)cn6)cc5)c(Cl)cc4[nH]3)[C@@]1(N=C)OC[C@H]2O. The smallest absolute Gasteiger partial charge is 0.296 e. The van der Waals surface area contributed by atoms with Crippen LogP contribution in [-0.2, 0) is 19.2 Å². The van der Waals surface area contributed by atoms with Crippen molar-refractivity contribution in [2.24, 2.45) is 14.3 Å². The quantitative estimate of drug-likeness (QED) is 0.304. The molecule has 2 aliphatic rings. The van der Waals surface area contributed by atoms with E-state index in [9.17, 15) is 9.32 Å². The number of nitrogens with one attached hydrogen (secondary N) is 1. The molecule has 0 amide bonds. The Bertz CT molecular complexity index is 1780. The molecule has 2 saturated heterocycles. The maximum atomic E-state index is 11.9. The molecular weight excluding hydrogens is 572 g/mol. The topological polar surface area (TPSA) is 169 Å². The third-order valence-corrected chi connectivity index (χ3v) is 7.76. The van der Waals surface area contributed by atoms with Crippen molar-refractivity contribution >= 4 is 51.6 Å². The van der Waals surface area contributed by atoms with Gasteiger partial charge in [-0.2, -0.15) is 9.35 Å². The Hall–Kier alpha value is -3.82. The fraction of sp³-hybridized carbons (Fsp3) is 0.308. The zero-order chi connectivity index (χ0) is 29.0. The Morgan fingerprint density at radius 1 is 1.07 bits per heavy atom. The largest absolute Gasteiger partial charge is 0.454 e. The van der Waals surface area contributed by atoms with Crippen LogP contribution in [0, 0.1) is 0 Å². The Kier molecular flexibility index (Phi) is 6.62. The van der Waals surface area contributed by atoms with Crippen molar-refractivity contribution < 1.29 is 23.5 Å². The second-order valence-electron chi connectivity index (χ2n) is 9.80. The highest BCUT2D eigenvalue weighted by atomic mass is 35.5. The number of ether oxygens (including phenoxy) is 3. The minimum absolute atomic E-state index is 0.0107. The Balaban J connectivity index is 1.25. The van der Waals surface area contributed by atoms with E-state index < -0.39 is 33.4 Å². The molecule has 0 spiro atoms. The lowest BCUT2D eigenvalue weighted by Crippen LogP contribution is -2.56. The number of hydrogen-bond donors (Lipinski definition) is 2. The second-order valence-corrected chi connectivity index (χ2v) is 12.8. The van der Waals surface area contributed by atoms with Gasteiger partial charge in [0, 0.05) is 33.4 Å². The van der Waals surface area contributed by atoms with Crippen molar-refractivity contribution in [1.82, 2.24) is 24.9 Å². The van der Waals surface area contributed by atoms with E-state index in [4.69, 9.17) is 25.8 Å². The molecule has 2 N–H and O–H groups in total. The van der Waals surface area contributed by atoms with Crippen molar-refractivity contribution in [1.29, 1.82) is 0 Å². The van der Waals surface area contributed by atoms with E-state index >= 15 is 0 Å². The Morgan fingerprint density at radius 2 is 1.73 bits per heavy atom. The Morgan fingerprint density at radius 3 is 2.39 bits per heavy atom. The van der Waals surface area contributed by atoms with Gasteiger partial charge in [-0.25, -0.2) is 19.2 Å². The minimum atomic E-state index is -2.30. The highest BCUT2D eigenvalue weighted by molar-refractivity contribution is 7.92. The summed E-state index contributed by atoms with van der Waals surface area (Å²) in [6.45, 7) is 7.12. The molecule has 13 nitrogen and oxygen atoms in total. The number of aliphatic hydroxyl groups is 1. The molecule has 6 rings (SSSR count). The molecule has 4 aromatic rings. The molecule has 3 aromatic heterocycles. The summed E-state index contributed by atoms with van der Waals surface area (Å²) in [5, 5.41) is 10.8. The van der Waals surface area contributed by atoms with Gasteiger partial charge < -0.3 is 24.3 Å². The summed E-state index contributed by atoms with van der Waals surface area (Å²) in [5.74, 6) is 0.495. The van der Waals surface area contributed by atoms with Crippen LogP contribution < -0.4 is 4.74 Å². The predicted octanol–water partition coefficient (Wildman–Crippen LogP) is 3.06. The predicted molar refractivity (Wildman–Crippen MR) is 154 cm³/mol. The van der Waals surface area contributed by atoms with Crippen LogP contribution in [0.1, 0.15) is 0 Å². The first-order chi connectivity index (χ1) is 19.6. The van der Waals surface area contributed by atoms with Crippen LogP contribution in [0.2, 0.25) is 5.02 Å². The highest BCUT2D eigenvalue weighted by Crippen LogP contribution is 2.49. The number of imidazole rings is 1. The van der Waals surface area contributed by atoms with Crippen LogP contribution in [-0.4, -0.2) is 97.1 Å². The van der Waals surface area contributed by atoms with Crippen molar-refractivity contribution in [3.63, 3.8) is 0 Å². The molecule has 1 aromatic carbocycles. The van der Waals surface area contributed by atoms with Crippen molar-refractivity contribution in [3.8, 4) is 28.7 Å². The summed E-state index contributed by atoms with van der Waals surface area (Å²) in [6, 6.07) is 9.24. The summed E-state index contributed by atoms with van der Waals surface area (Å²) < 4.78 is 33.6. The van der Waals surface area contributed by atoms with Crippen LogP contribution in [0.25, 0.3) is 33.8 Å². The first-order valence-electron chi connectivity index (χ1n) is 12.3. The lowest BCUT2D eigenvalue weighted by Gasteiger charge is -2.33. The molecule has 0 radical (unpaired) electrons. The average molecular weight is 597 g/mol. The van der Waals surface area contributed by atoms with Crippen molar-refractivity contribution in [2.45, 2.75) is 23.7 Å². The number of nitrogens with zero attached hydrogens (tertiary/aromatic N) is 7. The second kappa shape index (κ2) is 9.92. The summed E-state index contributed by atoms with van der Waals surface area (Å²) >= 11 is 6.59. The summed E-state index contributed by atoms with van der Waals surface area (Å²) in [6.07, 6.45) is 4.27. The monoisotopic (exact) mass is 596 g/mol. The number of hydrogen-bond acceptors (Lipinski definition) is 12. The number of aromatic amines is 1. The fourth-order valence-electron chi connectivity index (χ4n) is 4.98. The third-order valence-electron chi connectivity index (χ3n) is 6.83. The van der Waals surface area contributed by atoms with E-state index in [2.05, 4.69) is 52.7 Å². The summed E-state index contributed by atoms with van der Waals surface area (Å²) in [4.78, 5) is 28.9. The molecule has 2 fully saturated rings. The van der Waals surface area contributed by atoms with Gasteiger partial charge in [0.2, 0.25) is 5.72 Å². The summed E-state index contributed by atoms with van der Waals surface area (Å²) in [7, 11) is -2.30. The maximum absolute atomic E-state index is 11.9. The van der Waals surface area contributed by atoms with E-state index in [0.29, 0.717) is 33.4 Å². The van der Waals surface area contributed by atoms with Gasteiger partial charge in [0.15, 0.2) is 17.6 Å². The maximum Gasteiger partial charge on any atom is 0.296 e. The number of pyridine rings is 1. The zero-order valence-electron chi connectivity index (χ0n) is 22.0. The van der Waals surface area contributed by atoms with E-state index in [0.717, 1.165) is 11.1 Å². The Labute approximate surface area is 239 Å². The van der Waals surface area contributed by atoms with Gasteiger partial charge >= 0.3 is 0 Å². The molecule has 15 heteroatoms. The number of rotatable bonds is 7.